The lowest BCUT2D eigenvalue weighted by molar-refractivity contribution is -0.140. The van der Waals surface area contributed by atoms with Gasteiger partial charge < -0.3 is 15.0 Å². The number of hydrogen-bond acceptors (Lipinski definition) is 5. The van der Waals surface area contributed by atoms with Crippen LogP contribution in [0, 0.1) is 6.92 Å². The molecule has 0 radical (unpaired) electrons. The number of carbonyl (C=O) groups excluding carboxylic acids is 2. The molecule has 2 aromatic rings. The number of nitrogens with one attached hydrogen (secondary N) is 1. The Morgan fingerprint density at radius 2 is 1.72 bits per heavy atom. The Kier molecular flexibility index (Phi) is 10.6. The third-order valence-corrected chi connectivity index (χ3v) is 7.62. The number of anilines is 1. The number of hydrogen-bond donors (Lipinski definition) is 1. The Balaban J connectivity index is 2.48. The number of carbonyl (C=O) groups is 2. The predicted octanol–water partition coefficient (Wildman–Crippen LogP) is 4.15. The second-order valence-electron chi connectivity index (χ2n) is 8.77. The summed E-state index contributed by atoms with van der Waals surface area (Å²) < 4.78 is 31.8. The fourth-order valence-electron chi connectivity index (χ4n) is 3.75. The summed E-state index contributed by atoms with van der Waals surface area (Å²) in [5.74, 6) is -0.113. The molecular formula is C26H36ClN3O5S. The van der Waals surface area contributed by atoms with Gasteiger partial charge in [0.25, 0.3) is 0 Å². The zero-order valence-corrected chi connectivity index (χ0v) is 23.3. The standard InChI is InChI=1S/C26H36ClN3O5S/c1-7-18(3)28-26(32)23(8-2)29(16-20-12-14-21(35-5)15-13-20)25(31)17-30(36(6,33)34)24-11-9-10-22(27)19(24)4/h9-15,18,23H,7-8,16-17H2,1-6H3,(H,28,32)/t18-,23-/m1/s1. The minimum atomic E-state index is -3.83. The second kappa shape index (κ2) is 13.0. The molecule has 0 aliphatic rings. The van der Waals surface area contributed by atoms with E-state index in [1.807, 2.05) is 32.9 Å². The van der Waals surface area contributed by atoms with Crippen LogP contribution in [0.4, 0.5) is 5.69 Å². The first-order valence-corrected chi connectivity index (χ1v) is 14.1. The van der Waals surface area contributed by atoms with E-state index < -0.39 is 28.5 Å². The lowest BCUT2D eigenvalue weighted by Gasteiger charge is -2.33. The van der Waals surface area contributed by atoms with Crippen LogP contribution in [0.25, 0.3) is 0 Å². The van der Waals surface area contributed by atoms with Crippen LogP contribution in [-0.4, -0.2) is 57.1 Å². The molecule has 198 valence electrons. The molecule has 0 aromatic heterocycles. The van der Waals surface area contributed by atoms with Crippen molar-refractivity contribution in [3.05, 3.63) is 58.6 Å². The van der Waals surface area contributed by atoms with E-state index in [2.05, 4.69) is 5.32 Å². The van der Waals surface area contributed by atoms with Gasteiger partial charge in [0.15, 0.2) is 0 Å². The quantitative estimate of drug-likeness (QED) is 0.439. The lowest BCUT2D eigenvalue weighted by Crippen LogP contribution is -2.53. The van der Waals surface area contributed by atoms with Gasteiger partial charge in [-0.2, -0.15) is 0 Å². The number of rotatable bonds is 12. The summed E-state index contributed by atoms with van der Waals surface area (Å²) in [6.07, 6.45) is 2.14. The van der Waals surface area contributed by atoms with Crippen molar-refractivity contribution in [3.8, 4) is 5.75 Å². The molecule has 2 atom stereocenters. The zero-order valence-electron chi connectivity index (χ0n) is 21.7. The minimum absolute atomic E-state index is 0.0638. The molecule has 2 rings (SSSR count). The van der Waals surface area contributed by atoms with Gasteiger partial charge in [0.1, 0.15) is 18.3 Å². The van der Waals surface area contributed by atoms with Crippen molar-refractivity contribution in [1.82, 2.24) is 10.2 Å². The van der Waals surface area contributed by atoms with Crippen LogP contribution in [-0.2, 0) is 26.2 Å². The van der Waals surface area contributed by atoms with Crippen LogP contribution >= 0.6 is 11.6 Å². The van der Waals surface area contributed by atoms with E-state index in [0.29, 0.717) is 28.4 Å². The van der Waals surface area contributed by atoms with E-state index in [4.69, 9.17) is 16.3 Å². The summed E-state index contributed by atoms with van der Waals surface area (Å²) in [7, 11) is -2.27. The highest BCUT2D eigenvalue weighted by molar-refractivity contribution is 7.92. The SMILES string of the molecule is CC[C@@H](C)NC(=O)[C@@H](CC)N(Cc1ccc(OC)cc1)C(=O)CN(c1cccc(Cl)c1C)S(C)(=O)=O. The molecule has 0 saturated carbocycles. The number of sulfonamides is 1. The molecule has 36 heavy (non-hydrogen) atoms. The molecule has 0 bridgehead atoms. The van der Waals surface area contributed by atoms with Crippen molar-refractivity contribution in [2.24, 2.45) is 0 Å². The Hall–Kier alpha value is -2.78. The molecule has 0 unspecified atom stereocenters. The molecule has 2 amide bonds. The molecule has 0 spiro atoms. The maximum atomic E-state index is 13.7. The maximum absolute atomic E-state index is 13.7. The van der Waals surface area contributed by atoms with E-state index in [9.17, 15) is 18.0 Å². The summed E-state index contributed by atoms with van der Waals surface area (Å²) in [6.45, 7) is 7.04. The minimum Gasteiger partial charge on any atom is -0.497 e. The summed E-state index contributed by atoms with van der Waals surface area (Å²) in [4.78, 5) is 28.3. The smallest absolute Gasteiger partial charge is 0.244 e. The van der Waals surface area contributed by atoms with E-state index in [1.165, 1.54) is 4.90 Å². The fraction of sp³-hybridized carbons (Fsp3) is 0.462. The molecule has 2 aromatic carbocycles. The van der Waals surface area contributed by atoms with Crippen molar-refractivity contribution in [2.75, 3.05) is 24.2 Å². The molecule has 8 nitrogen and oxygen atoms in total. The Bertz CT molecular complexity index is 1150. The van der Waals surface area contributed by atoms with Gasteiger partial charge in [0.05, 0.1) is 19.1 Å². The van der Waals surface area contributed by atoms with Crippen molar-refractivity contribution in [3.63, 3.8) is 0 Å². The Morgan fingerprint density at radius 1 is 1.08 bits per heavy atom. The molecule has 0 fully saturated rings. The monoisotopic (exact) mass is 537 g/mol. The molecule has 0 aliphatic heterocycles. The van der Waals surface area contributed by atoms with Crippen molar-refractivity contribution < 1.29 is 22.7 Å². The largest absolute Gasteiger partial charge is 0.497 e. The number of ether oxygens (including phenoxy) is 1. The Morgan fingerprint density at radius 3 is 2.25 bits per heavy atom. The van der Waals surface area contributed by atoms with Crippen LogP contribution in [0.2, 0.25) is 5.02 Å². The Labute approximate surface area is 219 Å². The van der Waals surface area contributed by atoms with Gasteiger partial charge in [-0.15, -0.1) is 0 Å². The third kappa shape index (κ3) is 7.61. The number of benzene rings is 2. The van der Waals surface area contributed by atoms with Gasteiger partial charge in [0.2, 0.25) is 21.8 Å². The molecule has 10 heteroatoms. The topological polar surface area (TPSA) is 96.0 Å². The second-order valence-corrected chi connectivity index (χ2v) is 11.1. The summed E-state index contributed by atoms with van der Waals surface area (Å²) in [5.41, 5.74) is 1.64. The van der Waals surface area contributed by atoms with Crippen LogP contribution in [0.5, 0.6) is 5.75 Å². The molecule has 1 N–H and O–H groups in total. The summed E-state index contributed by atoms with van der Waals surface area (Å²) >= 11 is 6.24. The van der Waals surface area contributed by atoms with E-state index in [-0.39, 0.29) is 18.5 Å². The average molecular weight is 538 g/mol. The molecule has 0 heterocycles. The fourth-order valence-corrected chi connectivity index (χ4v) is 4.82. The van der Waals surface area contributed by atoms with Crippen LogP contribution in [0.3, 0.4) is 0 Å². The highest BCUT2D eigenvalue weighted by Crippen LogP contribution is 2.28. The highest BCUT2D eigenvalue weighted by Gasteiger charge is 2.32. The van der Waals surface area contributed by atoms with E-state index in [0.717, 1.165) is 22.5 Å². The van der Waals surface area contributed by atoms with E-state index >= 15 is 0 Å². The van der Waals surface area contributed by atoms with Gasteiger partial charge in [-0.1, -0.05) is 43.6 Å². The average Bonchev–Trinajstić information content (AvgIpc) is 2.83. The van der Waals surface area contributed by atoms with Gasteiger partial charge in [0, 0.05) is 17.6 Å². The first kappa shape index (κ1) is 29.5. The number of amides is 2. The first-order chi connectivity index (χ1) is 16.9. The lowest BCUT2D eigenvalue weighted by atomic mass is 10.1. The predicted molar refractivity (Wildman–Crippen MR) is 144 cm³/mol. The van der Waals surface area contributed by atoms with Crippen LogP contribution in [0.15, 0.2) is 42.5 Å². The van der Waals surface area contributed by atoms with E-state index in [1.54, 1.807) is 44.4 Å². The van der Waals surface area contributed by atoms with Gasteiger partial charge in [-0.3, -0.25) is 13.9 Å². The van der Waals surface area contributed by atoms with Crippen LogP contribution in [0.1, 0.15) is 44.7 Å². The van der Waals surface area contributed by atoms with Gasteiger partial charge in [-0.05, 0) is 62.1 Å². The normalized spacial score (nSPS) is 13.0. The van der Waals surface area contributed by atoms with Gasteiger partial charge in [-0.25, -0.2) is 8.42 Å². The first-order valence-electron chi connectivity index (χ1n) is 11.9. The summed E-state index contributed by atoms with van der Waals surface area (Å²) in [6, 6.07) is 11.2. The number of halogens is 1. The zero-order chi connectivity index (χ0) is 27.0. The van der Waals surface area contributed by atoms with Crippen molar-refractivity contribution >= 4 is 39.1 Å². The van der Waals surface area contributed by atoms with Crippen LogP contribution < -0.4 is 14.4 Å². The van der Waals surface area contributed by atoms with Gasteiger partial charge >= 0.3 is 0 Å². The number of nitrogens with zero attached hydrogens (tertiary/aromatic N) is 2. The van der Waals surface area contributed by atoms with Crippen molar-refractivity contribution in [2.45, 2.75) is 59.2 Å². The maximum Gasteiger partial charge on any atom is 0.244 e. The third-order valence-electron chi connectivity index (χ3n) is 6.09. The highest BCUT2D eigenvalue weighted by atomic mass is 35.5. The number of methoxy groups -OCH3 is 1. The summed E-state index contributed by atoms with van der Waals surface area (Å²) in [5, 5.41) is 3.34. The molecule has 0 saturated heterocycles. The molecular weight excluding hydrogens is 502 g/mol. The van der Waals surface area contributed by atoms with Crippen molar-refractivity contribution in [1.29, 1.82) is 0 Å². The molecule has 0 aliphatic carbocycles.